The Hall–Kier alpha value is -2.60. The van der Waals surface area contributed by atoms with Crippen molar-refractivity contribution in [2.24, 2.45) is 0 Å². The highest BCUT2D eigenvalue weighted by Crippen LogP contribution is 2.43. The third-order valence-electron chi connectivity index (χ3n) is 4.85. The van der Waals surface area contributed by atoms with Crippen molar-refractivity contribution in [3.05, 3.63) is 69.1 Å². The lowest BCUT2D eigenvalue weighted by atomic mass is 9.77. The van der Waals surface area contributed by atoms with Crippen LogP contribution in [0.5, 0.6) is 0 Å². The van der Waals surface area contributed by atoms with Crippen LogP contribution in [0.25, 0.3) is 0 Å². The number of hydrogen-bond acceptors (Lipinski definition) is 5. The second kappa shape index (κ2) is 6.96. The Morgan fingerprint density at radius 3 is 2.96 bits per heavy atom. The van der Waals surface area contributed by atoms with Crippen LogP contribution in [0, 0.1) is 0 Å². The summed E-state index contributed by atoms with van der Waals surface area (Å²) in [5, 5.41) is 8.24. The molecule has 0 aromatic carbocycles. The minimum atomic E-state index is -0.296. The number of nitrogens with one attached hydrogen (secondary N) is 2. The summed E-state index contributed by atoms with van der Waals surface area (Å²) in [7, 11) is 0. The van der Waals surface area contributed by atoms with E-state index in [1.54, 1.807) is 23.7 Å². The van der Waals surface area contributed by atoms with E-state index < -0.39 is 0 Å². The Balaban J connectivity index is 1.69. The maximum atomic E-state index is 13.0. The number of thiophene rings is 1. The summed E-state index contributed by atoms with van der Waals surface area (Å²) in [6.45, 7) is 2.23. The van der Waals surface area contributed by atoms with E-state index in [0.717, 1.165) is 34.7 Å². The molecule has 3 heterocycles. The highest BCUT2D eigenvalue weighted by atomic mass is 32.1. The van der Waals surface area contributed by atoms with Gasteiger partial charge in [-0.25, -0.2) is 0 Å². The molecule has 5 nitrogen and oxygen atoms in total. The molecule has 6 heteroatoms. The van der Waals surface area contributed by atoms with Crippen molar-refractivity contribution in [2.75, 3.05) is 0 Å². The van der Waals surface area contributed by atoms with Crippen LogP contribution in [0.15, 0.2) is 62.9 Å². The third-order valence-corrected chi connectivity index (χ3v) is 5.79. The zero-order valence-electron chi connectivity index (χ0n) is 14.5. The summed E-state index contributed by atoms with van der Waals surface area (Å²) < 4.78 is 5.29. The number of Topliss-reactive ketones (excluding diaryl/α,β-unsaturated/α-hetero) is 1. The first kappa shape index (κ1) is 16.8. The third kappa shape index (κ3) is 3.01. The highest BCUT2D eigenvalue weighted by Gasteiger charge is 2.38. The van der Waals surface area contributed by atoms with Crippen LogP contribution in [-0.4, -0.2) is 11.7 Å². The van der Waals surface area contributed by atoms with E-state index in [9.17, 15) is 9.59 Å². The summed E-state index contributed by atoms with van der Waals surface area (Å²) >= 11 is 1.58. The van der Waals surface area contributed by atoms with Crippen LogP contribution < -0.4 is 10.6 Å². The molecule has 1 aliphatic heterocycles. The van der Waals surface area contributed by atoms with Gasteiger partial charge in [-0.05, 0) is 43.3 Å². The quantitative estimate of drug-likeness (QED) is 0.865. The van der Waals surface area contributed by atoms with Crippen LogP contribution in [0.1, 0.15) is 42.7 Å². The minimum Gasteiger partial charge on any atom is -0.467 e. The van der Waals surface area contributed by atoms with Gasteiger partial charge in [0.05, 0.1) is 18.7 Å². The lowest BCUT2D eigenvalue weighted by Crippen LogP contribution is -2.37. The molecular weight excluding hydrogens is 348 g/mol. The summed E-state index contributed by atoms with van der Waals surface area (Å²) in [6.07, 6.45) is 3.83. The number of carbonyl (C=O) groups excluding carboxylic acids is 2. The molecule has 0 bridgehead atoms. The molecule has 0 fully saturated rings. The van der Waals surface area contributed by atoms with Gasteiger partial charge in [0.25, 0.3) is 0 Å². The Morgan fingerprint density at radius 2 is 2.23 bits per heavy atom. The molecule has 26 heavy (non-hydrogen) atoms. The average Bonchev–Trinajstić information content (AvgIpc) is 3.32. The summed E-state index contributed by atoms with van der Waals surface area (Å²) in [5.74, 6) is 0.369. The zero-order valence-corrected chi connectivity index (χ0v) is 15.3. The van der Waals surface area contributed by atoms with Crippen molar-refractivity contribution < 1.29 is 14.0 Å². The van der Waals surface area contributed by atoms with Crippen molar-refractivity contribution >= 4 is 23.0 Å². The first-order chi connectivity index (χ1) is 12.6. The van der Waals surface area contributed by atoms with Gasteiger partial charge < -0.3 is 15.1 Å². The molecule has 2 aromatic heterocycles. The number of ketones is 1. The van der Waals surface area contributed by atoms with Gasteiger partial charge in [-0.1, -0.05) is 6.07 Å². The van der Waals surface area contributed by atoms with Crippen molar-refractivity contribution in [1.82, 2.24) is 10.6 Å². The normalized spacial score (nSPS) is 20.0. The number of carbonyl (C=O) groups is 2. The fourth-order valence-electron chi connectivity index (χ4n) is 3.70. The number of hydrogen-bond donors (Lipinski definition) is 2. The van der Waals surface area contributed by atoms with Crippen molar-refractivity contribution in [3.8, 4) is 0 Å². The fraction of sp³-hybridized carbons (Fsp3) is 0.300. The molecule has 134 valence electrons. The van der Waals surface area contributed by atoms with Crippen molar-refractivity contribution in [3.63, 3.8) is 0 Å². The molecule has 2 aromatic rings. The largest absolute Gasteiger partial charge is 0.467 e. The second-order valence-electron chi connectivity index (χ2n) is 6.54. The lowest BCUT2D eigenvalue weighted by molar-refractivity contribution is -0.118. The number of furan rings is 1. The predicted octanol–water partition coefficient (Wildman–Crippen LogP) is 3.63. The molecule has 4 rings (SSSR count). The second-order valence-corrected chi connectivity index (χ2v) is 7.52. The predicted molar refractivity (Wildman–Crippen MR) is 99.3 cm³/mol. The van der Waals surface area contributed by atoms with Crippen LogP contribution in [-0.2, 0) is 16.1 Å². The Bertz CT molecular complexity index is 892. The molecular formula is C20H20N2O3S. The zero-order chi connectivity index (χ0) is 18.1. The van der Waals surface area contributed by atoms with E-state index in [1.165, 1.54) is 0 Å². The topological polar surface area (TPSA) is 71.3 Å². The molecule has 1 amide bonds. The van der Waals surface area contributed by atoms with Gasteiger partial charge in [-0.15, -0.1) is 11.3 Å². The summed E-state index contributed by atoms with van der Waals surface area (Å²) in [5.41, 5.74) is 3.16. The molecule has 1 unspecified atom stereocenters. The van der Waals surface area contributed by atoms with E-state index in [4.69, 9.17) is 4.42 Å². The van der Waals surface area contributed by atoms with Crippen LogP contribution >= 0.6 is 11.3 Å². The highest BCUT2D eigenvalue weighted by molar-refractivity contribution is 7.10. The number of amides is 1. The number of allylic oxidation sites excluding steroid dienone is 3. The SMILES string of the molecule is CC1=C(C(=O)NCc2ccco2)C(c2cccs2)C2=C(CCCC2=O)N1. The summed E-state index contributed by atoms with van der Waals surface area (Å²) in [4.78, 5) is 26.7. The molecule has 0 spiro atoms. The van der Waals surface area contributed by atoms with Gasteiger partial charge >= 0.3 is 0 Å². The van der Waals surface area contributed by atoms with Crippen LogP contribution in [0.4, 0.5) is 0 Å². The molecule has 0 saturated heterocycles. The molecule has 1 aliphatic carbocycles. The smallest absolute Gasteiger partial charge is 0.250 e. The fourth-order valence-corrected chi connectivity index (χ4v) is 4.54. The van der Waals surface area contributed by atoms with E-state index in [2.05, 4.69) is 10.6 Å². The molecule has 0 saturated carbocycles. The molecule has 2 aliphatic rings. The van der Waals surface area contributed by atoms with Gasteiger partial charge in [0, 0.05) is 33.8 Å². The molecule has 1 atom stereocenters. The lowest BCUT2D eigenvalue weighted by Gasteiger charge is -2.33. The average molecular weight is 368 g/mol. The van der Waals surface area contributed by atoms with E-state index in [1.807, 2.05) is 30.5 Å². The summed E-state index contributed by atoms with van der Waals surface area (Å²) in [6, 6.07) is 7.58. The van der Waals surface area contributed by atoms with E-state index in [-0.39, 0.29) is 17.6 Å². The van der Waals surface area contributed by atoms with Crippen molar-refractivity contribution in [2.45, 2.75) is 38.6 Å². The standard InChI is InChI=1S/C20H20N2O3S/c1-12-17(20(24)21-11-13-5-3-9-25-13)19(16-8-4-10-26-16)18-14(22-12)6-2-7-15(18)23/h3-5,8-10,19,22H,2,6-7,11H2,1H3,(H,21,24). The Labute approximate surface area is 155 Å². The van der Waals surface area contributed by atoms with Crippen molar-refractivity contribution in [1.29, 1.82) is 0 Å². The minimum absolute atomic E-state index is 0.140. The monoisotopic (exact) mass is 368 g/mol. The maximum Gasteiger partial charge on any atom is 0.250 e. The Kier molecular flexibility index (Phi) is 4.51. The number of dihydropyridines is 1. The Morgan fingerprint density at radius 1 is 1.35 bits per heavy atom. The van der Waals surface area contributed by atoms with Gasteiger partial charge in [-0.3, -0.25) is 9.59 Å². The van der Waals surface area contributed by atoms with E-state index in [0.29, 0.717) is 24.3 Å². The van der Waals surface area contributed by atoms with Crippen LogP contribution in [0.3, 0.4) is 0 Å². The van der Waals surface area contributed by atoms with Gasteiger partial charge in [0.1, 0.15) is 5.76 Å². The van der Waals surface area contributed by atoms with Gasteiger partial charge in [0.15, 0.2) is 5.78 Å². The number of rotatable bonds is 4. The molecule has 2 N–H and O–H groups in total. The molecule has 0 radical (unpaired) electrons. The first-order valence-corrected chi connectivity index (χ1v) is 9.61. The van der Waals surface area contributed by atoms with Gasteiger partial charge in [0.2, 0.25) is 5.91 Å². The maximum absolute atomic E-state index is 13.0. The van der Waals surface area contributed by atoms with Gasteiger partial charge in [-0.2, -0.15) is 0 Å². The first-order valence-electron chi connectivity index (χ1n) is 8.73. The van der Waals surface area contributed by atoms with Crippen LogP contribution in [0.2, 0.25) is 0 Å². The van der Waals surface area contributed by atoms with E-state index >= 15 is 0 Å².